The van der Waals surface area contributed by atoms with Gasteiger partial charge >= 0.3 is 21.7 Å². The molecule has 4 heteroatoms. The molecular formula is C7H9Br3Ti. The van der Waals surface area contributed by atoms with Crippen molar-refractivity contribution in [2.45, 2.75) is 13.8 Å². The van der Waals surface area contributed by atoms with E-state index in [2.05, 4.69) is 32.0 Å². The van der Waals surface area contributed by atoms with Crippen LogP contribution in [-0.2, 0) is 21.7 Å². The van der Waals surface area contributed by atoms with Gasteiger partial charge in [0, 0.05) is 0 Å². The Labute approximate surface area is 115 Å². The van der Waals surface area contributed by atoms with E-state index in [9.17, 15) is 0 Å². The van der Waals surface area contributed by atoms with Crippen molar-refractivity contribution in [2.24, 2.45) is 0 Å². The predicted molar refractivity (Wildman–Crippen MR) is 31.5 cm³/mol. The Balaban J connectivity index is -0.0000000612. The second-order valence-corrected chi connectivity index (χ2v) is 1.97. The zero-order chi connectivity index (χ0) is 5.28. The second kappa shape index (κ2) is 11.5. The van der Waals surface area contributed by atoms with E-state index in [0.717, 1.165) is 0 Å². The first-order valence-corrected chi connectivity index (χ1v) is 2.49. The first-order chi connectivity index (χ1) is 3.29. The summed E-state index contributed by atoms with van der Waals surface area (Å²) in [5.41, 5.74) is 2.72. The van der Waals surface area contributed by atoms with Crippen molar-refractivity contribution >= 4 is 0 Å². The smallest absolute Gasteiger partial charge is 1.00 e. The number of halogens is 3. The second-order valence-electron chi connectivity index (χ2n) is 1.97. The van der Waals surface area contributed by atoms with E-state index >= 15 is 0 Å². The summed E-state index contributed by atoms with van der Waals surface area (Å²) in [6, 6.07) is 6.41. The van der Waals surface area contributed by atoms with Crippen molar-refractivity contribution in [3.05, 3.63) is 29.3 Å². The van der Waals surface area contributed by atoms with E-state index in [4.69, 9.17) is 0 Å². The van der Waals surface area contributed by atoms with Crippen molar-refractivity contribution in [3.8, 4) is 0 Å². The molecule has 1 aromatic carbocycles. The van der Waals surface area contributed by atoms with E-state index in [1.165, 1.54) is 11.1 Å². The first kappa shape index (κ1) is 22.9. The van der Waals surface area contributed by atoms with Gasteiger partial charge in [-0.15, -0.1) is 0 Å². The fourth-order valence-electron chi connectivity index (χ4n) is 0.718. The maximum Gasteiger partial charge on any atom is 4.00 e. The predicted octanol–water partition coefficient (Wildman–Crippen LogP) is -6.97. The Kier molecular flexibility index (Phi) is 23.9. The fourth-order valence-corrected chi connectivity index (χ4v) is 0.718. The van der Waals surface area contributed by atoms with Crippen LogP contribution in [-0.4, -0.2) is 0 Å². The van der Waals surface area contributed by atoms with Crippen LogP contribution < -0.4 is 50.9 Å². The van der Waals surface area contributed by atoms with Gasteiger partial charge in [-0.05, 0) is 0 Å². The molecule has 0 bridgehead atoms. The van der Waals surface area contributed by atoms with Crippen molar-refractivity contribution in [3.63, 3.8) is 0 Å². The molecule has 11 heavy (non-hydrogen) atoms. The summed E-state index contributed by atoms with van der Waals surface area (Å²) >= 11 is 0. The molecule has 0 aliphatic carbocycles. The van der Waals surface area contributed by atoms with Gasteiger partial charge in [0.1, 0.15) is 0 Å². The molecule has 0 aliphatic rings. The number of hydrogen-bond acceptors (Lipinski definition) is 0. The van der Waals surface area contributed by atoms with E-state index in [-0.39, 0.29) is 72.7 Å². The van der Waals surface area contributed by atoms with Crippen LogP contribution in [0.3, 0.4) is 0 Å². The minimum Gasteiger partial charge on any atom is -1.00 e. The molecular weight excluding hydrogens is 372 g/mol. The average Bonchev–Trinajstić information content (AvgIpc) is 1.87. The standard InChI is InChI=1S/C7H9.3BrH.Ti/c1-6-3-4-7(2)5-6;;;;/h3-5H,1-2H3;3*1H;/q-1;;;;+4/p-3. The molecule has 0 nitrogen and oxygen atoms in total. The van der Waals surface area contributed by atoms with Crippen LogP contribution >= 0.6 is 0 Å². The summed E-state index contributed by atoms with van der Waals surface area (Å²) in [5.74, 6) is 0. The van der Waals surface area contributed by atoms with Gasteiger partial charge in [-0.25, -0.2) is 11.6 Å². The van der Waals surface area contributed by atoms with Crippen LogP contribution in [0.2, 0.25) is 0 Å². The zero-order valence-electron chi connectivity index (χ0n) is 6.37. The van der Waals surface area contributed by atoms with Gasteiger partial charge in [0.2, 0.25) is 0 Å². The Bertz CT molecular complexity index is 146. The van der Waals surface area contributed by atoms with E-state index < -0.39 is 0 Å². The van der Waals surface area contributed by atoms with Crippen LogP contribution in [0.1, 0.15) is 11.1 Å². The Morgan fingerprint density at radius 3 is 1.73 bits per heavy atom. The molecule has 1 aromatic rings. The van der Waals surface area contributed by atoms with Crippen LogP contribution in [0.4, 0.5) is 0 Å². The summed E-state index contributed by atoms with van der Waals surface area (Å²) in [5, 5.41) is 0. The molecule has 0 spiro atoms. The molecule has 0 aliphatic heterocycles. The van der Waals surface area contributed by atoms with Crippen LogP contribution in [0.25, 0.3) is 0 Å². The third-order valence-electron chi connectivity index (χ3n) is 1.06. The third kappa shape index (κ3) is 9.42. The molecule has 0 aromatic heterocycles. The molecule has 0 amide bonds. The van der Waals surface area contributed by atoms with Crippen LogP contribution in [0.5, 0.6) is 0 Å². The van der Waals surface area contributed by atoms with Crippen molar-refractivity contribution in [1.29, 1.82) is 0 Å². The number of rotatable bonds is 0. The Morgan fingerprint density at radius 1 is 1.18 bits per heavy atom. The summed E-state index contributed by atoms with van der Waals surface area (Å²) in [4.78, 5) is 0. The maximum atomic E-state index is 2.17. The normalized spacial score (nSPS) is 6.00. The minimum atomic E-state index is 0. The van der Waals surface area contributed by atoms with E-state index in [1.54, 1.807) is 0 Å². The maximum absolute atomic E-state index is 2.17. The van der Waals surface area contributed by atoms with Gasteiger partial charge in [-0.3, -0.25) is 0 Å². The van der Waals surface area contributed by atoms with Gasteiger partial charge in [0.25, 0.3) is 0 Å². The van der Waals surface area contributed by atoms with E-state index in [1.807, 2.05) is 0 Å². The zero-order valence-corrected chi connectivity index (χ0v) is 12.7. The molecule has 0 atom stereocenters. The van der Waals surface area contributed by atoms with Gasteiger partial charge in [0.15, 0.2) is 0 Å². The number of aryl methyl sites for hydroxylation is 2. The molecule has 0 heterocycles. The van der Waals surface area contributed by atoms with Crippen molar-refractivity contribution in [2.75, 3.05) is 0 Å². The molecule has 0 fully saturated rings. The fraction of sp³-hybridized carbons (Fsp3) is 0.286. The first-order valence-electron chi connectivity index (χ1n) is 2.49. The van der Waals surface area contributed by atoms with Crippen molar-refractivity contribution in [1.82, 2.24) is 0 Å². The van der Waals surface area contributed by atoms with Crippen molar-refractivity contribution < 1.29 is 72.7 Å². The Morgan fingerprint density at radius 2 is 1.64 bits per heavy atom. The minimum absolute atomic E-state index is 0. The SMILES string of the molecule is Cc1cc[c-](C)c1.[Br-].[Br-].[Br-].[Ti+4]. The summed E-state index contributed by atoms with van der Waals surface area (Å²) in [6.07, 6.45) is 0. The van der Waals surface area contributed by atoms with Crippen LogP contribution in [0, 0.1) is 13.8 Å². The van der Waals surface area contributed by atoms with Gasteiger partial charge in [-0.1, -0.05) is 13.8 Å². The van der Waals surface area contributed by atoms with E-state index in [0.29, 0.717) is 0 Å². The monoisotopic (exact) mass is 378 g/mol. The molecule has 0 saturated carbocycles. The quantitative estimate of drug-likeness (QED) is 0.310. The summed E-state index contributed by atoms with van der Waals surface area (Å²) in [6.45, 7) is 4.21. The van der Waals surface area contributed by atoms with Gasteiger partial charge in [-0.2, -0.15) is 17.7 Å². The molecule has 62 valence electrons. The molecule has 0 N–H and O–H groups in total. The largest absolute Gasteiger partial charge is 4.00 e. The van der Waals surface area contributed by atoms with Gasteiger partial charge < -0.3 is 50.9 Å². The molecule has 0 unspecified atom stereocenters. The molecule has 0 radical (unpaired) electrons. The summed E-state index contributed by atoms with van der Waals surface area (Å²) in [7, 11) is 0. The topological polar surface area (TPSA) is 0 Å². The van der Waals surface area contributed by atoms with Crippen LogP contribution in [0.15, 0.2) is 18.2 Å². The Hall–Kier alpha value is 1.50. The number of hydrogen-bond donors (Lipinski definition) is 0. The van der Waals surface area contributed by atoms with Gasteiger partial charge in [0.05, 0.1) is 0 Å². The third-order valence-corrected chi connectivity index (χ3v) is 1.06. The molecule has 1 rings (SSSR count). The summed E-state index contributed by atoms with van der Waals surface area (Å²) < 4.78 is 0. The average molecular weight is 381 g/mol. The molecule has 0 saturated heterocycles.